The van der Waals surface area contributed by atoms with E-state index < -0.39 is 8.60 Å². The van der Waals surface area contributed by atoms with Gasteiger partial charge in [0, 0.05) is 14.2 Å². The van der Waals surface area contributed by atoms with Crippen molar-refractivity contribution in [2.75, 3.05) is 20.8 Å². The van der Waals surface area contributed by atoms with E-state index in [2.05, 4.69) is 0 Å². The zero-order chi connectivity index (χ0) is 6.41. The maximum absolute atomic E-state index is 4.96. The minimum atomic E-state index is -1.06. The molecule has 0 bridgehead atoms. The highest BCUT2D eigenvalue weighted by atomic mass is 79.9. The molecule has 0 amide bonds. The Morgan fingerprint density at radius 2 is 1.67 bits per heavy atom. The summed E-state index contributed by atoms with van der Waals surface area (Å²) in [5, 5.41) is 0. The molecule has 3 nitrogen and oxygen atoms in total. The first kappa shape index (κ1) is 12.5. The van der Waals surface area contributed by atoms with Crippen LogP contribution in [0.5, 0.6) is 0 Å². The molecule has 0 aromatic heterocycles. The van der Waals surface area contributed by atoms with E-state index >= 15 is 0 Å². The maximum Gasteiger partial charge on any atom is 0.332 e. The summed E-state index contributed by atoms with van der Waals surface area (Å²) in [4.78, 5) is 0. The van der Waals surface area contributed by atoms with E-state index in [1.165, 1.54) is 0 Å². The van der Waals surface area contributed by atoms with Gasteiger partial charge in [-0.3, -0.25) is 0 Å². The van der Waals surface area contributed by atoms with Gasteiger partial charge >= 0.3 is 8.60 Å². The smallest absolute Gasteiger partial charge is 0.316 e. The Bertz CT molecular complexity index is 51.1. The van der Waals surface area contributed by atoms with Gasteiger partial charge in [-0.1, -0.05) is 0 Å². The fourth-order valence-electron chi connectivity index (χ4n) is 0.285. The third-order valence-electron chi connectivity index (χ3n) is 0.533. The number of hydrogen-bond acceptors (Lipinski definition) is 3. The van der Waals surface area contributed by atoms with Crippen LogP contribution in [0.1, 0.15) is 6.92 Å². The summed E-state index contributed by atoms with van der Waals surface area (Å²) in [5.74, 6) is 0. The van der Waals surface area contributed by atoms with Crippen molar-refractivity contribution < 1.29 is 13.6 Å². The predicted molar refractivity (Wildman–Crippen MR) is 42.9 cm³/mol. The van der Waals surface area contributed by atoms with Gasteiger partial charge in [-0.2, -0.15) is 0 Å². The van der Waals surface area contributed by atoms with E-state index in [9.17, 15) is 0 Å². The minimum absolute atomic E-state index is 0. The van der Waals surface area contributed by atoms with Crippen LogP contribution in [0.4, 0.5) is 0 Å². The highest BCUT2D eigenvalue weighted by Crippen LogP contribution is 2.36. The maximum atomic E-state index is 4.96. The van der Waals surface area contributed by atoms with Gasteiger partial charge in [-0.15, -0.1) is 17.0 Å². The molecule has 9 heavy (non-hydrogen) atoms. The predicted octanol–water partition coefficient (Wildman–Crippen LogP) is 2.12. The monoisotopic (exact) mass is 218 g/mol. The average Bonchev–Trinajstić information content (AvgIpc) is 1.83. The van der Waals surface area contributed by atoms with Gasteiger partial charge in [0.2, 0.25) is 0 Å². The van der Waals surface area contributed by atoms with Crippen LogP contribution in [0.25, 0.3) is 0 Å². The van der Waals surface area contributed by atoms with Gasteiger partial charge in [0.1, 0.15) is 0 Å². The van der Waals surface area contributed by atoms with Crippen LogP contribution >= 0.6 is 25.6 Å². The summed E-state index contributed by atoms with van der Waals surface area (Å²) in [6.45, 7) is 2.53. The Morgan fingerprint density at radius 1 is 1.22 bits per heavy atom. The topological polar surface area (TPSA) is 27.7 Å². The Balaban J connectivity index is 0. The summed E-state index contributed by atoms with van der Waals surface area (Å²) in [5.41, 5.74) is 0. The Kier molecular flexibility index (Phi) is 12.2. The molecule has 0 radical (unpaired) electrons. The van der Waals surface area contributed by atoms with Gasteiger partial charge in [0.25, 0.3) is 0 Å². The molecule has 0 saturated carbocycles. The molecule has 0 aliphatic heterocycles. The quantitative estimate of drug-likeness (QED) is 0.677. The fraction of sp³-hybridized carbons (Fsp3) is 1.00. The fourth-order valence-corrected chi connectivity index (χ4v) is 0.856. The van der Waals surface area contributed by atoms with Crippen LogP contribution in [0.2, 0.25) is 0 Å². The molecular formula is C4H12BrO3P. The number of hydrogen-bond donors (Lipinski definition) is 0. The number of halogens is 1. The Morgan fingerprint density at radius 3 is 1.78 bits per heavy atom. The van der Waals surface area contributed by atoms with E-state index in [-0.39, 0.29) is 17.0 Å². The van der Waals surface area contributed by atoms with Gasteiger partial charge in [-0.25, -0.2) is 0 Å². The van der Waals surface area contributed by atoms with Crippen molar-refractivity contribution in [3.63, 3.8) is 0 Å². The standard InChI is InChI=1S/C4H11O3P.BrH/c1-4-7-8(5-2)6-3;/h4H2,1-3H3;1H. The lowest BCUT2D eigenvalue weighted by atomic mass is 10.9. The zero-order valence-corrected chi connectivity index (χ0v) is 8.39. The lowest BCUT2D eigenvalue weighted by molar-refractivity contribution is 0.214. The highest BCUT2D eigenvalue weighted by molar-refractivity contribution is 8.93. The van der Waals surface area contributed by atoms with Crippen LogP contribution in [0.15, 0.2) is 0 Å². The molecule has 0 unspecified atom stereocenters. The lowest BCUT2D eigenvalue weighted by Gasteiger charge is -2.08. The Hall–Kier alpha value is 0.790. The van der Waals surface area contributed by atoms with Crippen LogP contribution in [0.3, 0.4) is 0 Å². The highest BCUT2D eigenvalue weighted by Gasteiger charge is 2.03. The minimum Gasteiger partial charge on any atom is -0.316 e. The van der Waals surface area contributed by atoms with Crippen molar-refractivity contribution in [1.82, 2.24) is 0 Å². The van der Waals surface area contributed by atoms with Crippen LogP contribution in [-0.4, -0.2) is 20.8 Å². The van der Waals surface area contributed by atoms with Gasteiger partial charge in [-0.05, 0) is 6.92 Å². The van der Waals surface area contributed by atoms with Crippen LogP contribution in [-0.2, 0) is 13.6 Å². The first-order chi connectivity index (χ1) is 3.85. The molecule has 0 aromatic carbocycles. The molecule has 0 aliphatic carbocycles. The molecule has 0 heterocycles. The van der Waals surface area contributed by atoms with E-state index in [0.29, 0.717) is 6.61 Å². The summed E-state index contributed by atoms with van der Waals surface area (Å²) in [6, 6.07) is 0. The molecule has 5 heteroatoms. The van der Waals surface area contributed by atoms with E-state index in [4.69, 9.17) is 13.6 Å². The molecule has 0 rings (SSSR count). The second-order valence-electron chi connectivity index (χ2n) is 1.01. The van der Waals surface area contributed by atoms with Crippen molar-refractivity contribution in [2.45, 2.75) is 6.92 Å². The first-order valence-electron chi connectivity index (χ1n) is 2.36. The average molecular weight is 219 g/mol. The third kappa shape index (κ3) is 6.68. The van der Waals surface area contributed by atoms with Gasteiger partial charge in [0.15, 0.2) is 0 Å². The molecule has 58 valence electrons. The van der Waals surface area contributed by atoms with Crippen molar-refractivity contribution in [2.24, 2.45) is 0 Å². The van der Waals surface area contributed by atoms with E-state index in [1.54, 1.807) is 14.2 Å². The Labute approximate surface area is 67.4 Å². The zero-order valence-electron chi connectivity index (χ0n) is 5.79. The normalized spacial score (nSPS) is 9.33. The first-order valence-corrected chi connectivity index (χ1v) is 3.46. The summed E-state index contributed by atoms with van der Waals surface area (Å²) >= 11 is 0. The van der Waals surface area contributed by atoms with E-state index in [0.717, 1.165) is 0 Å². The SMILES string of the molecule is Br.CCOP(OC)OC. The molecule has 0 aliphatic rings. The second-order valence-corrected chi connectivity index (χ2v) is 2.44. The van der Waals surface area contributed by atoms with Gasteiger partial charge in [0.05, 0.1) is 6.61 Å². The second kappa shape index (κ2) is 8.79. The summed E-state index contributed by atoms with van der Waals surface area (Å²) < 4.78 is 14.5. The largest absolute Gasteiger partial charge is 0.332 e. The van der Waals surface area contributed by atoms with Crippen molar-refractivity contribution in [1.29, 1.82) is 0 Å². The number of rotatable bonds is 4. The van der Waals surface area contributed by atoms with E-state index in [1.807, 2.05) is 6.92 Å². The summed E-state index contributed by atoms with van der Waals surface area (Å²) in [7, 11) is 2.06. The van der Waals surface area contributed by atoms with Crippen LogP contribution in [0, 0.1) is 0 Å². The van der Waals surface area contributed by atoms with Crippen LogP contribution < -0.4 is 0 Å². The molecular weight excluding hydrogens is 207 g/mol. The van der Waals surface area contributed by atoms with Crippen molar-refractivity contribution in [3.8, 4) is 0 Å². The van der Waals surface area contributed by atoms with Gasteiger partial charge < -0.3 is 13.6 Å². The third-order valence-corrected chi connectivity index (χ3v) is 1.60. The molecule has 0 atom stereocenters. The van der Waals surface area contributed by atoms with Crippen molar-refractivity contribution >= 4 is 25.6 Å². The molecule has 0 fully saturated rings. The molecule has 0 spiro atoms. The molecule has 0 N–H and O–H groups in total. The summed E-state index contributed by atoms with van der Waals surface area (Å²) in [6.07, 6.45) is 0. The lowest BCUT2D eigenvalue weighted by Crippen LogP contribution is -1.87. The molecule has 0 aromatic rings. The molecule has 0 saturated heterocycles. The van der Waals surface area contributed by atoms with Crippen molar-refractivity contribution in [3.05, 3.63) is 0 Å².